The first-order chi connectivity index (χ1) is 8.76. The van der Waals surface area contributed by atoms with Gasteiger partial charge < -0.3 is 10.6 Å². The smallest absolute Gasteiger partial charge is 0.221 e. The lowest BCUT2D eigenvalue weighted by atomic mass is 9.97. The Morgan fingerprint density at radius 3 is 2.78 bits per heavy atom. The zero-order valence-corrected chi connectivity index (χ0v) is 12.1. The molecule has 1 fully saturated rings. The van der Waals surface area contributed by atoms with Gasteiger partial charge in [-0.15, -0.1) is 0 Å². The predicted octanol–water partition coefficient (Wildman–Crippen LogP) is 2.85. The Bertz CT molecular complexity index is 225. The zero-order chi connectivity index (χ0) is 13.2. The van der Waals surface area contributed by atoms with Gasteiger partial charge in [-0.25, -0.2) is 0 Å². The van der Waals surface area contributed by atoms with Crippen LogP contribution in [0.4, 0.5) is 0 Å². The van der Waals surface area contributed by atoms with Gasteiger partial charge in [-0.05, 0) is 38.1 Å². The van der Waals surface area contributed by atoms with Crippen molar-refractivity contribution < 1.29 is 4.79 Å². The van der Waals surface area contributed by atoms with Gasteiger partial charge in [0.05, 0.1) is 0 Å². The molecule has 3 nitrogen and oxygen atoms in total. The van der Waals surface area contributed by atoms with Gasteiger partial charge >= 0.3 is 0 Å². The van der Waals surface area contributed by atoms with Crippen LogP contribution in [0, 0.1) is 5.92 Å². The van der Waals surface area contributed by atoms with Crippen molar-refractivity contribution in [3.63, 3.8) is 0 Å². The van der Waals surface area contributed by atoms with E-state index in [-0.39, 0.29) is 5.91 Å². The molecule has 1 heterocycles. The van der Waals surface area contributed by atoms with Crippen LogP contribution < -0.4 is 10.6 Å². The third-order valence-corrected chi connectivity index (χ3v) is 3.84. The van der Waals surface area contributed by atoms with E-state index in [2.05, 4.69) is 24.5 Å². The van der Waals surface area contributed by atoms with Crippen LogP contribution in [0.3, 0.4) is 0 Å². The number of hydrogen-bond acceptors (Lipinski definition) is 2. The molecule has 18 heavy (non-hydrogen) atoms. The fourth-order valence-electron chi connectivity index (χ4n) is 2.73. The summed E-state index contributed by atoms with van der Waals surface area (Å²) in [4.78, 5) is 11.8. The molecule has 0 saturated carbocycles. The fraction of sp³-hybridized carbons (Fsp3) is 0.933. The van der Waals surface area contributed by atoms with Crippen LogP contribution in [0.2, 0.25) is 0 Å². The van der Waals surface area contributed by atoms with E-state index in [0.29, 0.717) is 18.4 Å². The molecular formula is C15H30N2O. The average molecular weight is 254 g/mol. The molecule has 1 aliphatic rings. The van der Waals surface area contributed by atoms with E-state index >= 15 is 0 Å². The summed E-state index contributed by atoms with van der Waals surface area (Å²) in [6.07, 6.45) is 9.27. The quantitative estimate of drug-likeness (QED) is 0.664. The third kappa shape index (κ3) is 6.39. The SMILES string of the molecule is CCCCC(CCC)CNC(=O)CC1CCCN1. The van der Waals surface area contributed by atoms with Crippen LogP contribution in [-0.4, -0.2) is 25.0 Å². The maximum Gasteiger partial charge on any atom is 0.221 e. The topological polar surface area (TPSA) is 41.1 Å². The summed E-state index contributed by atoms with van der Waals surface area (Å²) in [6.45, 7) is 6.41. The van der Waals surface area contributed by atoms with E-state index < -0.39 is 0 Å². The van der Waals surface area contributed by atoms with E-state index in [1.807, 2.05) is 0 Å². The maximum atomic E-state index is 11.8. The third-order valence-electron chi connectivity index (χ3n) is 3.84. The van der Waals surface area contributed by atoms with Crippen molar-refractivity contribution in [2.24, 2.45) is 5.92 Å². The average Bonchev–Trinajstić information content (AvgIpc) is 2.85. The zero-order valence-electron chi connectivity index (χ0n) is 12.1. The number of rotatable bonds is 9. The summed E-state index contributed by atoms with van der Waals surface area (Å²) < 4.78 is 0. The molecule has 1 saturated heterocycles. The first-order valence-electron chi connectivity index (χ1n) is 7.76. The van der Waals surface area contributed by atoms with Gasteiger partial charge in [0.2, 0.25) is 5.91 Å². The molecule has 3 heteroatoms. The lowest BCUT2D eigenvalue weighted by molar-refractivity contribution is -0.121. The maximum absolute atomic E-state index is 11.8. The van der Waals surface area contributed by atoms with Crippen LogP contribution in [0.5, 0.6) is 0 Å². The minimum atomic E-state index is 0.229. The van der Waals surface area contributed by atoms with Gasteiger partial charge in [-0.1, -0.05) is 33.1 Å². The molecular weight excluding hydrogens is 224 g/mol. The fourth-order valence-corrected chi connectivity index (χ4v) is 2.73. The van der Waals surface area contributed by atoms with Crippen LogP contribution >= 0.6 is 0 Å². The second kappa shape index (κ2) is 9.37. The molecule has 0 bridgehead atoms. The van der Waals surface area contributed by atoms with Crippen LogP contribution in [-0.2, 0) is 4.79 Å². The summed E-state index contributed by atoms with van der Waals surface area (Å²) in [6, 6.07) is 0.422. The standard InChI is InChI=1S/C15H30N2O/c1-3-5-8-13(7-4-2)12-17-15(18)11-14-9-6-10-16-14/h13-14,16H,3-12H2,1-2H3,(H,17,18). The second-order valence-corrected chi connectivity index (χ2v) is 5.60. The number of carbonyl (C=O) groups excluding carboxylic acids is 1. The Hall–Kier alpha value is -0.570. The highest BCUT2D eigenvalue weighted by Gasteiger charge is 2.18. The summed E-state index contributed by atoms with van der Waals surface area (Å²) in [5, 5.41) is 6.50. The van der Waals surface area contributed by atoms with Gasteiger partial charge in [0.25, 0.3) is 0 Å². The van der Waals surface area contributed by atoms with Crippen molar-refractivity contribution in [2.45, 2.75) is 71.3 Å². The number of carbonyl (C=O) groups is 1. The van der Waals surface area contributed by atoms with Crippen molar-refractivity contribution in [1.29, 1.82) is 0 Å². The summed E-state index contributed by atoms with van der Waals surface area (Å²) in [7, 11) is 0. The molecule has 0 aromatic heterocycles. The van der Waals surface area contributed by atoms with Crippen LogP contribution in [0.25, 0.3) is 0 Å². The summed E-state index contributed by atoms with van der Waals surface area (Å²) >= 11 is 0. The molecule has 0 radical (unpaired) electrons. The normalized spacial score (nSPS) is 20.9. The number of amides is 1. The van der Waals surface area contributed by atoms with E-state index in [1.54, 1.807) is 0 Å². The van der Waals surface area contributed by atoms with Gasteiger partial charge in [0.1, 0.15) is 0 Å². The molecule has 0 aromatic carbocycles. The molecule has 2 N–H and O–H groups in total. The van der Waals surface area contributed by atoms with Gasteiger partial charge in [-0.3, -0.25) is 4.79 Å². The predicted molar refractivity (Wildman–Crippen MR) is 76.6 cm³/mol. The molecule has 2 unspecified atom stereocenters. The van der Waals surface area contributed by atoms with Crippen molar-refractivity contribution in [3.05, 3.63) is 0 Å². The Labute approximate surface area is 112 Å². The largest absolute Gasteiger partial charge is 0.356 e. The van der Waals surface area contributed by atoms with E-state index in [1.165, 1.54) is 38.5 Å². The van der Waals surface area contributed by atoms with E-state index in [0.717, 1.165) is 19.5 Å². The molecule has 106 valence electrons. The summed E-state index contributed by atoms with van der Waals surface area (Å²) in [5.41, 5.74) is 0. The number of nitrogens with one attached hydrogen (secondary N) is 2. The highest BCUT2D eigenvalue weighted by atomic mass is 16.1. The summed E-state index contributed by atoms with van der Waals surface area (Å²) in [5.74, 6) is 0.905. The Kier molecular flexibility index (Phi) is 8.06. The Morgan fingerprint density at radius 2 is 2.17 bits per heavy atom. The molecule has 2 atom stereocenters. The molecule has 1 amide bonds. The second-order valence-electron chi connectivity index (χ2n) is 5.60. The monoisotopic (exact) mass is 254 g/mol. The van der Waals surface area contributed by atoms with Crippen molar-refractivity contribution in [3.8, 4) is 0 Å². The van der Waals surface area contributed by atoms with E-state index in [4.69, 9.17) is 0 Å². The Morgan fingerprint density at radius 1 is 1.33 bits per heavy atom. The molecule has 1 rings (SSSR count). The number of hydrogen-bond donors (Lipinski definition) is 2. The van der Waals surface area contributed by atoms with Gasteiger partial charge in [0, 0.05) is 19.0 Å². The Balaban J connectivity index is 2.16. The van der Waals surface area contributed by atoms with Crippen molar-refractivity contribution in [1.82, 2.24) is 10.6 Å². The molecule has 0 spiro atoms. The van der Waals surface area contributed by atoms with Crippen LogP contribution in [0.15, 0.2) is 0 Å². The molecule has 0 aromatic rings. The minimum Gasteiger partial charge on any atom is -0.356 e. The van der Waals surface area contributed by atoms with Crippen molar-refractivity contribution in [2.75, 3.05) is 13.1 Å². The lowest BCUT2D eigenvalue weighted by Crippen LogP contribution is -2.34. The highest BCUT2D eigenvalue weighted by molar-refractivity contribution is 5.76. The number of unbranched alkanes of at least 4 members (excludes halogenated alkanes) is 1. The van der Waals surface area contributed by atoms with E-state index in [9.17, 15) is 4.79 Å². The van der Waals surface area contributed by atoms with Crippen molar-refractivity contribution >= 4 is 5.91 Å². The minimum absolute atomic E-state index is 0.229. The van der Waals surface area contributed by atoms with Gasteiger partial charge in [-0.2, -0.15) is 0 Å². The first kappa shape index (κ1) is 15.5. The first-order valence-corrected chi connectivity index (χ1v) is 7.76. The lowest BCUT2D eigenvalue weighted by Gasteiger charge is -2.17. The highest BCUT2D eigenvalue weighted by Crippen LogP contribution is 2.14. The van der Waals surface area contributed by atoms with Gasteiger partial charge in [0.15, 0.2) is 0 Å². The van der Waals surface area contributed by atoms with Crippen LogP contribution in [0.1, 0.15) is 65.2 Å². The molecule has 1 aliphatic heterocycles. The molecule has 0 aliphatic carbocycles.